The van der Waals surface area contributed by atoms with Gasteiger partial charge in [-0.3, -0.25) is 4.99 Å². The van der Waals surface area contributed by atoms with Gasteiger partial charge in [-0.1, -0.05) is 18.2 Å². The molecule has 84 valence electrons. The molecule has 0 bridgehead atoms. The Bertz CT molecular complexity index is 457. The zero-order valence-corrected chi connectivity index (χ0v) is 10.1. The zero-order valence-electron chi connectivity index (χ0n) is 9.31. The van der Waals surface area contributed by atoms with Crippen LogP contribution in [0.5, 0.6) is 0 Å². The fraction of sp³-hybridized carbons (Fsp3) is 0.417. The van der Waals surface area contributed by atoms with Crippen LogP contribution in [0, 0.1) is 0 Å². The summed E-state index contributed by atoms with van der Waals surface area (Å²) in [5, 5.41) is 0. The highest BCUT2D eigenvalue weighted by molar-refractivity contribution is 7.99. The van der Waals surface area contributed by atoms with Crippen molar-refractivity contribution in [2.45, 2.75) is 16.9 Å². The minimum atomic E-state index is 0.0198. The van der Waals surface area contributed by atoms with E-state index in [4.69, 9.17) is 5.73 Å². The minimum absolute atomic E-state index is 0.0198. The summed E-state index contributed by atoms with van der Waals surface area (Å²) in [7, 11) is 2.05. The quantitative estimate of drug-likeness (QED) is 0.740. The summed E-state index contributed by atoms with van der Waals surface area (Å²) in [6.07, 6.45) is 1.12. The average molecular weight is 233 g/mol. The highest BCUT2D eigenvalue weighted by Gasteiger charge is 2.44. The van der Waals surface area contributed by atoms with Crippen molar-refractivity contribution in [1.29, 1.82) is 0 Å². The number of thioether (sulfide) groups is 1. The molecular weight excluding hydrogens is 218 g/mol. The molecular formula is C12H15N3S. The van der Waals surface area contributed by atoms with Crippen LogP contribution in [0.4, 0.5) is 0 Å². The summed E-state index contributed by atoms with van der Waals surface area (Å²) >= 11 is 1.93. The zero-order chi connectivity index (χ0) is 11.2. The molecule has 1 aromatic rings. The van der Waals surface area contributed by atoms with E-state index in [1.807, 2.05) is 11.8 Å². The van der Waals surface area contributed by atoms with Gasteiger partial charge in [-0.2, -0.15) is 0 Å². The minimum Gasteiger partial charge on any atom is -0.370 e. The molecule has 0 amide bonds. The second kappa shape index (κ2) is 3.42. The average Bonchev–Trinajstić information content (AvgIpc) is 2.60. The van der Waals surface area contributed by atoms with Gasteiger partial charge in [-0.05, 0) is 18.1 Å². The maximum atomic E-state index is 5.91. The second-order valence-electron chi connectivity index (χ2n) is 4.36. The fourth-order valence-corrected chi connectivity index (χ4v) is 3.85. The lowest BCUT2D eigenvalue weighted by Gasteiger charge is -2.41. The van der Waals surface area contributed by atoms with Crippen LogP contribution in [0.1, 0.15) is 12.0 Å². The summed E-state index contributed by atoms with van der Waals surface area (Å²) < 4.78 is 0. The first-order valence-electron chi connectivity index (χ1n) is 5.50. The van der Waals surface area contributed by atoms with Gasteiger partial charge in [-0.15, -0.1) is 11.8 Å². The molecule has 1 atom stereocenters. The Labute approximate surface area is 99.7 Å². The van der Waals surface area contributed by atoms with Crippen molar-refractivity contribution >= 4 is 17.7 Å². The second-order valence-corrected chi connectivity index (χ2v) is 5.50. The van der Waals surface area contributed by atoms with Gasteiger partial charge < -0.3 is 10.6 Å². The van der Waals surface area contributed by atoms with Gasteiger partial charge in [0.25, 0.3) is 0 Å². The molecule has 0 saturated heterocycles. The van der Waals surface area contributed by atoms with Gasteiger partial charge in [0.05, 0.1) is 12.1 Å². The van der Waals surface area contributed by atoms with Crippen molar-refractivity contribution in [3.8, 4) is 0 Å². The number of nitrogens with zero attached hydrogens (tertiary/aromatic N) is 2. The molecule has 3 rings (SSSR count). The number of fused-ring (bicyclic) bond motifs is 2. The lowest BCUT2D eigenvalue weighted by molar-refractivity contribution is 0.225. The molecule has 0 aliphatic carbocycles. The molecule has 2 N–H and O–H groups in total. The Hall–Kier alpha value is -1.16. The third kappa shape index (κ3) is 1.19. The first kappa shape index (κ1) is 10.0. The fourth-order valence-electron chi connectivity index (χ4n) is 2.60. The number of hydrogen-bond donors (Lipinski definition) is 1. The van der Waals surface area contributed by atoms with Crippen LogP contribution in [0.25, 0.3) is 0 Å². The number of aliphatic imine (C=N–C) groups is 1. The van der Waals surface area contributed by atoms with Crippen molar-refractivity contribution < 1.29 is 0 Å². The lowest BCUT2D eigenvalue weighted by atomic mass is 9.86. The number of rotatable bonds is 0. The van der Waals surface area contributed by atoms with Crippen LogP contribution < -0.4 is 5.73 Å². The lowest BCUT2D eigenvalue weighted by Crippen LogP contribution is -2.48. The molecule has 0 saturated carbocycles. The molecule has 1 unspecified atom stereocenters. The van der Waals surface area contributed by atoms with E-state index < -0.39 is 0 Å². The van der Waals surface area contributed by atoms with E-state index in [-0.39, 0.29) is 5.54 Å². The molecule has 16 heavy (non-hydrogen) atoms. The van der Waals surface area contributed by atoms with Crippen molar-refractivity contribution in [2.24, 2.45) is 10.7 Å². The summed E-state index contributed by atoms with van der Waals surface area (Å²) in [6, 6.07) is 8.62. The molecule has 0 fully saturated rings. The highest BCUT2D eigenvalue weighted by atomic mass is 32.2. The third-order valence-electron chi connectivity index (χ3n) is 3.65. The smallest absolute Gasteiger partial charge is 0.191 e. The van der Waals surface area contributed by atoms with Gasteiger partial charge in [0.15, 0.2) is 5.96 Å². The monoisotopic (exact) mass is 233 g/mol. The van der Waals surface area contributed by atoms with Crippen LogP contribution in [0.15, 0.2) is 34.2 Å². The summed E-state index contributed by atoms with van der Waals surface area (Å²) in [5.74, 6) is 1.81. The molecule has 2 heterocycles. The Morgan fingerprint density at radius 3 is 3.00 bits per heavy atom. The first-order chi connectivity index (χ1) is 7.74. The molecule has 0 aromatic heterocycles. The van der Waals surface area contributed by atoms with Gasteiger partial charge in [-0.25, -0.2) is 0 Å². The van der Waals surface area contributed by atoms with Gasteiger partial charge in [0.1, 0.15) is 0 Å². The normalized spacial score (nSPS) is 28.1. The van der Waals surface area contributed by atoms with Crippen molar-refractivity contribution in [3.05, 3.63) is 29.8 Å². The topological polar surface area (TPSA) is 41.6 Å². The van der Waals surface area contributed by atoms with Crippen LogP contribution >= 0.6 is 11.8 Å². The molecule has 1 aromatic carbocycles. The molecule has 1 spiro atoms. The number of guanidine groups is 1. The first-order valence-corrected chi connectivity index (χ1v) is 6.49. The van der Waals surface area contributed by atoms with E-state index in [2.05, 4.69) is 41.2 Å². The Kier molecular flexibility index (Phi) is 2.14. The summed E-state index contributed by atoms with van der Waals surface area (Å²) in [4.78, 5) is 7.93. The Morgan fingerprint density at radius 1 is 1.44 bits per heavy atom. The largest absolute Gasteiger partial charge is 0.370 e. The molecule has 4 heteroatoms. The van der Waals surface area contributed by atoms with E-state index in [1.165, 1.54) is 10.5 Å². The number of hydrogen-bond acceptors (Lipinski definition) is 4. The molecule has 2 aliphatic rings. The van der Waals surface area contributed by atoms with Crippen molar-refractivity contribution in [1.82, 2.24) is 4.90 Å². The van der Waals surface area contributed by atoms with Gasteiger partial charge in [0.2, 0.25) is 0 Å². The highest BCUT2D eigenvalue weighted by Crippen LogP contribution is 2.45. The van der Waals surface area contributed by atoms with Crippen LogP contribution in [0.2, 0.25) is 0 Å². The molecule has 0 radical (unpaired) electrons. The number of nitrogens with two attached hydrogens (primary N) is 1. The predicted octanol–water partition coefficient (Wildman–Crippen LogP) is 1.64. The maximum Gasteiger partial charge on any atom is 0.191 e. The number of likely N-dealkylation sites (N-methyl/N-ethyl adjacent to an activating group) is 1. The van der Waals surface area contributed by atoms with E-state index in [1.54, 1.807) is 0 Å². The standard InChI is InChI=1S/C12H15N3S/c1-15-11(13)14-8-12(15)6-7-16-10-5-3-2-4-9(10)12/h2-5H,6-8H2,1H3,(H2,13,14). The van der Waals surface area contributed by atoms with Crippen LogP contribution in [-0.2, 0) is 5.54 Å². The van der Waals surface area contributed by atoms with Crippen molar-refractivity contribution in [2.75, 3.05) is 19.3 Å². The summed E-state index contributed by atoms with van der Waals surface area (Å²) in [5.41, 5.74) is 7.32. The van der Waals surface area contributed by atoms with Gasteiger partial charge in [0, 0.05) is 17.7 Å². The predicted molar refractivity (Wildman–Crippen MR) is 67.7 cm³/mol. The molecule has 3 nitrogen and oxygen atoms in total. The van der Waals surface area contributed by atoms with Crippen molar-refractivity contribution in [3.63, 3.8) is 0 Å². The van der Waals surface area contributed by atoms with E-state index >= 15 is 0 Å². The number of benzene rings is 1. The Balaban J connectivity index is 2.12. The molecule has 2 aliphatic heterocycles. The summed E-state index contributed by atoms with van der Waals surface area (Å²) in [6.45, 7) is 0.799. The van der Waals surface area contributed by atoms with E-state index in [0.29, 0.717) is 5.96 Å². The van der Waals surface area contributed by atoms with Crippen LogP contribution in [-0.4, -0.2) is 30.2 Å². The SMILES string of the molecule is CN1C(N)=NCC12CCSc1ccccc12. The Morgan fingerprint density at radius 2 is 2.25 bits per heavy atom. The van der Waals surface area contributed by atoms with Gasteiger partial charge >= 0.3 is 0 Å². The van der Waals surface area contributed by atoms with E-state index in [0.717, 1.165) is 18.7 Å². The van der Waals surface area contributed by atoms with Crippen LogP contribution in [0.3, 0.4) is 0 Å². The third-order valence-corrected chi connectivity index (χ3v) is 4.73. The maximum absolute atomic E-state index is 5.91. The van der Waals surface area contributed by atoms with E-state index in [9.17, 15) is 0 Å².